The summed E-state index contributed by atoms with van der Waals surface area (Å²) in [5, 5.41) is 19.4. The predicted octanol–water partition coefficient (Wildman–Crippen LogP) is 3.57. The maximum Gasteiger partial charge on any atom is 0.364 e. The van der Waals surface area contributed by atoms with E-state index in [0.717, 1.165) is 0 Å². The predicted molar refractivity (Wildman–Crippen MR) is 110 cm³/mol. The number of hydrogen-bond acceptors (Lipinski definition) is 9. The van der Waals surface area contributed by atoms with Crippen LogP contribution in [0.25, 0.3) is 5.65 Å². The van der Waals surface area contributed by atoms with Gasteiger partial charge in [-0.1, -0.05) is 6.07 Å². The van der Waals surface area contributed by atoms with Crippen molar-refractivity contribution in [2.75, 3.05) is 26.4 Å². The molecule has 3 N–H and O–H groups in total. The molecule has 0 aliphatic carbocycles. The number of imidazole rings is 1. The molecule has 11 nitrogen and oxygen atoms in total. The van der Waals surface area contributed by atoms with E-state index in [-0.39, 0.29) is 24.6 Å². The minimum Gasteiger partial charge on any atom is -0.476 e. The highest BCUT2D eigenvalue weighted by molar-refractivity contribution is 7.54. The third kappa shape index (κ3) is 7.37. The lowest BCUT2D eigenvalue weighted by molar-refractivity contribution is 0.0691. The Balaban J connectivity index is 0.000000479. The second-order valence-corrected chi connectivity index (χ2v) is 8.51. The lowest BCUT2D eigenvalue weighted by atomic mass is 10.3. The van der Waals surface area contributed by atoms with E-state index >= 15 is 0 Å². The fourth-order valence-corrected chi connectivity index (χ4v) is 4.43. The summed E-state index contributed by atoms with van der Waals surface area (Å²) in [5.74, 6) is -2.74. The summed E-state index contributed by atoms with van der Waals surface area (Å²) >= 11 is 0. The van der Waals surface area contributed by atoms with Crippen molar-refractivity contribution in [3.05, 3.63) is 35.8 Å². The van der Waals surface area contributed by atoms with Crippen molar-refractivity contribution in [3.8, 4) is 0 Å². The molecular formula is C17H28N2O9P2. The van der Waals surface area contributed by atoms with Gasteiger partial charge in [0.25, 0.3) is 0 Å². The molecule has 1 unspecified atom stereocenters. The molecular weight excluding hydrogens is 438 g/mol. The Morgan fingerprint density at radius 3 is 2.17 bits per heavy atom. The number of rotatable bonds is 11. The number of aliphatic hydroxyl groups is 1. The fraction of sp³-hybridized carbons (Fsp3) is 0.529. The minimum atomic E-state index is -3.79. The van der Waals surface area contributed by atoms with Crippen LogP contribution in [0.3, 0.4) is 0 Å². The van der Waals surface area contributed by atoms with Crippen molar-refractivity contribution in [1.29, 1.82) is 0 Å². The van der Waals surface area contributed by atoms with E-state index in [4.69, 9.17) is 19.0 Å². The van der Waals surface area contributed by atoms with Gasteiger partial charge in [0.05, 0.1) is 32.1 Å². The Labute approximate surface area is 176 Å². The van der Waals surface area contributed by atoms with Crippen molar-refractivity contribution in [3.63, 3.8) is 0 Å². The molecule has 13 heteroatoms. The normalized spacial score (nSPS) is 12.6. The summed E-state index contributed by atoms with van der Waals surface area (Å²) in [5.41, 5.74) is 0.318. The van der Waals surface area contributed by atoms with Crippen molar-refractivity contribution in [2.24, 2.45) is 0 Å². The average Bonchev–Trinajstić information content (AvgIpc) is 3.13. The SMILES string of the molecule is CCOP(=O)(OCC)C(O)c1cccc2nc(C(=O)O)cn12.CCOP(O)OCC. The maximum absolute atomic E-state index is 12.7. The van der Waals surface area contributed by atoms with Gasteiger partial charge in [-0.05, 0) is 39.8 Å². The number of hydrogen-bond donors (Lipinski definition) is 3. The summed E-state index contributed by atoms with van der Waals surface area (Å²) in [6, 6.07) is 4.67. The minimum absolute atomic E-state index is 0.106. The summed E-state index contributed by atoms with van der Waals surface area (Å²) in [7, 11) is -5.37. The van der Waals surface area contributed by atoms with Gasteiger partial charge in [0.1, 0.15) is 5.65 Å². The zero-order chi connectivity index (χ0) is 22.7. The van der Waals surface area contributed by atoms with Crippen LogP contribution < -0.4 is 0 Å². The van der Waals surface area contributed by atoms with Crippen LogP contribution in [0.2, 0.25) is 0 Å². The number of carboxylic acids is 1. The topological polar surface area (TPSA) is 149 Å². The monoisotopic (exact) mass is 466 g/mol. The van der Waals surface area contributed by atoms with E-state index in [1.165, 1.54) is 16.7 Å². The van der Waals surface area contributed by atoms with Gasteiger partial charge >= 0.3 is 22.2 Å². The molecule has 0 radical (unpaired) electrons. The second kappa shape index (κ2) is 13.1. The molecule has 170 valence electrons. The standard InChI is InChI=1S/C13H17N2O6P.C4H11O3P/c1-3-20-22(19,21-4-2)13(18)10-6-5-7-11-14-9(12(16)17)8-15(10)11;1-3-6-8(5)7-4-2/h5-8,13,18H,3-4H2,1-2H3,(H,16,17);5H,3-4H2,1-2H3. The van der Waals surface area contributed by atoms with E-state index in [1.807, 2.05) is 13.8 Å². The molecule has 2 aromatic rings. The highest BCUT2D eigenvalue weighted by Gasteiger charge is 2.37. The molecule has 0 aromatic carbocycles. The third-order valence-corrected chi connectivity index (χ3v) is 6.46. The molecule has 0 amide bonds. The van der Waals surface area contributed by atoms with Crippen molar-refractivity contribution in [1.82, 2.24) is 9.38 Å². The number of pyridine rings is 1. The summed E-state index contributed by atoms with van der Waals surface area (Å²) in [4.78, 5) is 23.6. The Hall–Kier alpha value is -1.42. The molecule has 0 saturated heterocycles. The number of aromatic nitrogens is 2. The van der Waals surface area contributed by atoms with Crippen LogP contribution in [0.15, 0.2) is 24.4 Å². The largest absolute Gasteiger partial charge is 0.476 e. The molecule has 0 saturated carbocycles. The van der Waals surface area contributed by atoms with Crippen molar-refractivity contribution in [2.45, 2.75) is 33.5 Å². The Morgan fingerprint density at radius 2 is 1.70 bits per heavy atom. The average molecular weight is 466 g/mol. The highest BCUT2D eigenvalue weighted by Crippen LogP contribution is 2.59. The highest BCUT2D eigenvalue weighted by atomic mass is 31.2. The first-order valence-electron chi connectivity index (χ1n) is 9.26. The first-order valence-corrected chi connectivity index (χ1v) is 12.0. The molecule has 0 aliphatic rings. The Kier molecular flexibility index (Phi) is 11.6. The molecule has 2 rings (SSSR count). The number of aromatic carboxylic acids is 1. The van der Waals surface area contributed by atoms with E-state index in [2.05, 4.69) is 14.0 Å². The van der Waals surface area contributed by atoms with E-state index in [9.17, 15) is 14.5 Å². The van der Waals surface area contributed by atoms with Crippen LogP contribution in [0.4, 0.5) is 0 Å². The smallest absolute Gasteiger partial charge is 0.364 e. The number of nitrogens with zero attached hydrogens (tertiary/aromatic N) is 2. The van der Waals surface area contributed by atoms with E-state index < -0.39 is 28.0 Å². The molecule has 0 fully saturated rings. The van der Waals surface area contributed by atoms with E-state index in [0.29, 0.717) is 18.9 Å². The molecule has 0 spiro atoms. The Morgan fingerprint density at radius 1 is 1.13 bits per heavy atom. The van der Waals surface area contributed by atoms with Crippen LogP contribution >= 0.6 is 16.2 Å². The summed E-state index contributed by atoms with van der Waals surface area (Å²) < 4.78 is 33.6. The summed E-state index contributed by atoms with van der Waals surface area (Å²) in [6.45, 7) is 8.11. The van der Waals surface area contributed by atoms with Gasteiger partial charge in [0.15, 0.2) is 11.5 Å². The molecule has 2 heterocycles. The number of carbonyl (C=O) groups is 1. The first-order chi connectivity index (χ1) is 14.2. The van der Waals surface area contributed by atoms with Gasteiger partial charge < -0.3 is 33.2 Å². The number of fused-ring (bicyclic) bond motifs is 1. The lowest BCUT2D eigenvalue weighted by Crippen LogP contribution is -2.09. The zero-order valence-electron chi connectivity index (χ0n) is 17.3. The van der Waals surface area contributed by atoms with Gasteiger partial charge in [-0.3, -0.25) is 8.97 Å². The van der Waals surface area contributed by atoms with Crippen LogP contribution in [0, 0.1) is 0 Å². The molecule has 30 heavy (non-hydrogen) atoms. The van der Waals surface area contributed by atoms with Crippen LogP contribution in [0.5, 0.6) is 0 Å². The van der Waals surface area contributed by atoms with Gasteiger partial charge in [-0.15, -0.1) is 0 Å². The fourth-order valence-electron chi connectivity index (χ4n) is 2.30. The molecule has 1 atom stereocenters. The van der Waals surface area contributed by atoms with Gasteiger partial charge in [0.2, 0.25) is 0 Å². The second-order valence-electron chi connectivity index (χ2n) is 5.43. The lowest BCUT2D eigenvalue weighted by Gasteiger charge is -2.23. The third-order valence-electron chi connectivity index (χ3n) is 3.40. The van der Waals surface area contributed by atoms with Crippen LogP contribution in [-0.4, -0.2) is 56.9 Å². The van der Waals surface area contributed by atoms with Gasteiger partial charge in [0, 0.05) is 6.20 Å². The molecule has 2 aromatic heterocycles. The number of carboxylic acid groups (broad SMARTS) is 1. The maximum atomic E-state index is 12.7. The van der Waals surface area contributed by atoms with Gasteiger partial charge in [-0.2, -0.15) is 0 Å². The molecule has 0 bridgehead atoms. The summed E-state index contributed by atoms with van der Waals surface area (Å²) in [6.07, 6.45) is 1.25. The van der Waals surface area contributed by atoms with Crippen molar-refractivity contribution >= 4 is 27.8 Å². The van der Waals surface area contributed by atoms with Crippen LogP contribution in [-0.2, 0) is 22.7 Å². The Bertz CT molecular complexity index is 830. The van der Waals surface area contributed by atoms with E-state index in [1.54, 1.807) is 26.0 Å². The molecule has 0 aliphatic heterocycles. The van der Waals surface area contributed by atoms with Crippen LogP contribution in [0.1, 0.15) is 49.7 Å². The van der Waals surface area contributed by atoms with Gasteiger partial charge in [-0.25, -0.2) is 9.78 Å². The zero-order valence-corrected chi connectivity index (χ0v) is 19.1. The quantitative estimate of drug-likeness (QED) is 0.420. The first kappa shape index (κ1) is 26.6. The number of aliphatic hydroxyl groups excluding tert-OH is 1. The van der Waals surface area contributed by atoms with Crippen molar-refractivity contribution < 1.29 is 42.6 Å².